The molecule has 0 atom stereocenters. The lowest BCUT2D eigenvalue weighted by Gasteiger charge is -2.40. The van der Waals surface area contributed by atoms with Crippen LogP contribution in [0.3, 0.4) is 0 Å². The van der Waals surface area contributed by atoms with Gasteiger partial charge in [-0.15, -0.1) is 0 Å². The highest BCUT2D eigenvalue weighted by atomic mass is 32.2. The minimum atomic E-state index is -4.26. The van der Waals surface area contributed by atoms with E-state index in [2.05, 4.69) is 21.3 Å². The van der Waals surface area contributed by atoms with Gasteiger partial charge in [-0.2, -0.15) is 12.9 Å². The fourth-order valence-electron chi connectivity index (χ4n) is 11.9. The molecule has 618 valence electrons. The van der Waals surface area contributed by atoms with Crippen molar-refractivity contribution >= 4 is 101 Å². The van der Waals surface area contributed by atoms with Gasteiger partial charge in [0, 0.05) is 57.5 Å². The summed E-state index contributed by atoms with van der Waals surface area (Å²) in [6, 6.07) is 14.9. The van der Waals surface area contributed by atoms with Crippen molar-refractivity contribution in [2.24, 2.45) is 0 Å². The number of Topliss-reactive ketones (excluding diaryl/α,β-unsaturated/α-hetero) is 1. The maximum Gasteiger partial charge on any atom is 0.408 e. The molecule has 39 nitrogen and oxygen atoms in total. The van der Waals surface area contributed by atoms with Gasteiger partial charge in [0.15, 0.2) is 20.5 Å². The van der Waals surface area contributed by atoms with Crippen LogP contribution >= 0.6 is 0 Å². The fourth-order valence-corrected chi connectivity index (χ4v) is 16.7. The van der Waals surface area contributed by atoms with Gasteiger partial charge in [-0.25, -0.2) is 58.8 Å². The van der Waals surface area contributed by atoms with Crippen molar-refractivity contribution in [3.8, 4) is 0 Å². The van der Waals surface area contributed by atoms with E-state index in [0.29, 0.717) is 12.8 Å². The number of piperidine rings is 3. The number of amides is 4. The maximum atomic E-state index is 13.1. The molecule has 3 heterocycles. The number of carbonyl (C=O) groups excluding carboxylic acids is 8. The number of para-hydroxylation sites is 3. The third-order valence-electron chi connectivity index (χ3n) is 17.1. The number of carboxylic acids is 1. The number of alkyl carbamates (subject to hydrolysis) is 4. The van der Waals surface area contributed by atoms with Gasteiger partial charge in [-0.3, -0.25) is 39.9 Å². The molecule has 3 aromatic carbocycles. The number of nitrogens with zero attached hydrogens (tertiary/aromatic N) is 6. The highest BCUT2D eigenvalue weighted by molar-refractivity contribution is 7.89. The number of nitro benzene ring substituents is 3. The Labute approximate surface area is 643 Å². The second-order valence-electron chi connectivity index (χ2n) is 30.0. The number of carboxylic acid groups (broad SMARTS) is 1. The first kappa shape index (κ1) is 93.6. The number of methoxy groups -OCH3 is 2. The number of aliphatic carboxylic acids is 1. The van der Waals surface area contributed by atoms with E-state index in [1.165, 1.54) is 43.5 Å². The van der Waals surface area contributed by atoms with Gasteiger partial charge < -0.3 is 59.5 Å². The molecule has 0 aromatic heterocycles. The van der Waals surface area contributed by atoms with Crippen LogP contribution in [-0.2, 0) is 87.2 Å². The molecule has 3 aliphatic heterocycles. The Hall–Kier alpha value is -9.78. The Bertz CT molecular complexity index is 4250. The monoisotopic (exact) mass is 1630 g/mol. The third-order valence-corrected chi connectivity index (χ3v) is 23.0. The van der Waals surface area contributed by atoms with Crippen LogP contribution in [0.15, 0.2) is 87.5 Å². The van der Waals surface area contributed by atoms with Crippen molar-refractivity contribution in [1.82, 2.24) is 34.2 Å². The summed E-state index contributed by atoms with van der Waals surface area (Å²) in [6.45, 7) is 20.6. The molecule has 111 heavy (non-hydrogen) atoms. The number of nitrogens with one attached hydrogen (secondary N) is 4. The molecule has 42 heteroatoms. The van der Waals surface area contributed by atoms with E-state index >= 15 is 0 Å². The minimum Gasteiger partial charge on any atom is -0.480 e. The molecule has 0 bridgehead atoms. The molecule has 1 aliphatic carbocycles. The summed E-state index contributed by atoms with van der Waals surface area (Å²) in [6.07, 6.45) is -0.634. The minimum absolute atomic E-state index is 0.0699. The topological polar surface area (TPSA) is 528 Å². The van der Waals surface area contributed by atoms with E-state index in [1.54, 1.807) is 90.0 Å². The highest BCUT2D eigenvalue weighted by Crippen LogP contribution is 2.37. The van der Waals surface area contributed by atoms with Crippen LogP contribution in [0.4, 0.5) is 36.2 Å². The number of esters is 3. The van der Waals surface area contributed by atoms with Crippen molar-refractivity contribution in [2.45, 2.75) is 226 Å². The molecule has 0 spiro atoms. The third kappa shape index (κ3) is 26.2. The standard InChI is InChI=1S/C21H29N3O9S.C18H25N3O8S.C17H23N3O8S.C13H23NO4/c1-5-32-18(26)14-17(25)21(22-19(27)33-20(2,3)4)10-12-23(13-11-21)34(30,31)16-9-7-6-8-15(16)24(28)29;1-17(2,3)29-16(23)19-18(15(22)28-4)9-11-20(12-10-18)30(26,27)14-8-6-5-7-13(14)21(24)25;1-16(2,3)28-15(23)18-17(14(21)22)8-10-19(11-9-17)29(26,27)13-7-5-4-6-12(13)20(24)25;1-12(2,3)18-11(16)14-13(10(15)17-4)8-6-5-7-9-13/h6-9H,5,10-14H2,1-4H3,(H,22,27);5-8H,9-12H2,1-4H3,(H,19,23);4-7H,8-11H2,1-3H3,(H,18,23)(H,21,22);5-9H2,1-4H3,(H,14,16). The summed E-state index contributed by atoms with van der Waals surface area (Å²) in [5.41, 5.74) is -10.4. The van der Waals surface area contributed by atoms with E-state index in [-0.39, 0.29) is 90.4 Å². The molecule has 4 amide bonds. The van der Waals surface area contributed by atoms with Crippen LogP contribution in [0, 0.1) is 30.3 Å². The molecular formula is C69H100N10O29S3. The van der Waals surface area contributed by atoms with Gasteiger partial charge >= 0.3 is 48.3 Å². The van der Waals surface area contributed by atoms with Gasteiger partial charge in [0.2, 0.25) is 30.1 Å². The molecule has 4 aliphatic rings. The Balaban J connectivity index is 0.000000318. The number of rotatable bonds is 20. The van der Waals surface area contributed by atoms with Crippen molar-refractivity contribution < 1.29 is 121 Å². The van der Waals surface area contributed by atoms with E-state index in [4.69, 9.17) is 33.2 Å². The van der Waals surface area contributed by atoms with Gasteiger partial charge in [0.05, 0.1) is 35.6 Å². The smallest absolute Gasteiger partial charge is 0.408 e. The van der Waals surface area contributed by atoms with Gasteiger partial charge in [0.1, 0.15) is 51.0 Å². The number of sulfonamides is 3. The van der Waals surface area contributed by atoms with E-state index < -0.39 is 176 Å². The number of benzene rings is 3. The summed E-state index contributed by atoms with van der Waals surface area (Å²) in [4.78, 5) is 140. The average molecular weight is 1630 g/mol. The average Bonchev–Trinajstić information content (AvgIpc) is 0.775. The summed E-state index contributed by atoms with van der Waals surface area (Å²) < 4.78 is 116. The van der Waals surface area contributed by atoms with Crippen LogP contribution in [0.2, 0.25) is 0 Å². The molecule has 7 rings (SSSR count). The molecule has 0 radical (unpaired) electrons. The van der Waals surface area contributed by atoms with E-state index in [9.17, 15) is 104 Å². The number of nitro groups is 3. The summed E-state index contributed by atoms with van der Waals surface area (Å²) in [7, 11) is -10.1. The number of ether oxygens (including phenoxy) is 7. The quantitative estimate of drug-likeness (QED) is 0.0234. The zero-order valence-electron chi connectivity index (χ0n) is 64.6. The van der Waals surface area contributed by atoms with Crippen LogP contribution in [-0.4, -0.2) is 217 Å². The lowest BCUT2D eigenvalue weighted by Crippen LogP contribution is -2.61. The molecule has 3 aromatic rings. The van der Waals surface area contributed by atoms with Gasteiger partial charge in [0.25, 0.3) is 17.1 Å². The van der Waals surface area contributed by atoms with Crippen molar-refractivity contribution in [2.75, 3.05) is 60.1 Å². The second kappa shape index (κ2) is 38.0. The molecule has 4 fully saturated rings. The Morgan fingerprint density at radius 3 is 0.937 bits per heavy atom. The predicted octanol–water partition coefficient (Wildman–Crippen LogP) is 8.10. The Kier molecular flexibility index (Phi) is 32.0. The first-order valence-electron chi connectivity index (χ1n) is 35.0. The number of hydrogen-bond donors (Lipinski definition) is 5. The first-order chi connectivity index (χ1) is 51.1. The SMILES string of the molecule is CC(C)(C)OC(=O)NC1(C(=O)O)CCN(S(=O)(=O)c2ccccc2[N+](=O)[O-])CC1.CCOC(=O)CC(=O)C1(NC(=O)OC(C)(C)C)CCN(S(=O)(=O)c2ccccc2[N+](=O)[O-])CC1.COC(=O)C1(NC(=O)OC(C)(C)C)CCCCC1.COC(=O)C1(NC(=O)OC(C)(C)C)CCN(S(=O)(=O)c2ccccc2[N+](=O)[O-])CC1. The lowest BCUT2D eigenvalue weighted by atomic mass is 9.82. The Morgan fingerprint density at radius 2 is 0.676 bits per heavy atom. The maximum absolute atomic E-state index is 13.1. The predicted molar refractivity (Wildman–Crippen MR) is 393 cm³/mol. The van der Waals surface area contributed by atoms with E-state index in [1.807, 2.05) is 0 Å². The number of carbonyl (C=O) groups is 9. The van der Waals surface area contributed by atoms with Crippen LogP contribution < -0.4 is 21.3 Å². The number of hydrogen-bond acceptors (Lipinski definition) is 28. The second-order valence-corrected chi connectivity index (χ2v) is 35.7. The highest BCUT2D eigenvalue weighted by Gasteiger charge is 2.51. The first-order valence-corrected chi connectivity index (χ1v) is 39.3. The van der Waals surface area contributed by atoms with E-state index in [0.717, 1.165) is 75.7 Å². The molecule has 3 saturated heterocycles. The zero-order valence-corrected chi connectivity index (χ0v) is 67.1. The van der Waals surface area contributed by atoms with Gasteiger partial charge in [-0.05, 0) is 160 Å². The molecule has 1 saturated carbocycles. The summed E-state index contributed by atoms with van der Waals surface area (Å²) in [5, 5.41) is 53.4. The van der Waals surface area contributed by atoms with Crippen LogP contribution in [0.5, 0.6) is 0 Å². The number of ketones is 1. The normalized spacial score (nSPS) is 17.2. The fraction of sp³-hybridized carbons (Fsp3) is 0.609. The van der Waals surface area contributed by atoms with Crippen LogP contribution in [0.1, 0.15) is 167 Å². The zero-order chi connectivity index (χ0) is 84.3. The molecular weight excluding hydrogens is 1530 g/mol. The molecule has 5 N–H and O–H groups in total. The van der Waals surface area contributed by atoms with Gasteiger partial charge in [-0.1, -0.05) is 55.7 Å². The largest absolute Gasteiger partial charge is 0.480 e. The Morgan fingerprint density at radius 1 is 0.423 bits per heavy atom. The van der Waals surface area contributed by atoms with Crippen molar-refractivity contribution in [3.05, 3.63) is 103 Å². The summed E-state index contributed by atoms with van der Waals surface area (Å²) >= 11 is 0. The summed E-state index contributed by atoms with van der Waals surface area (Å²) in [5.74, 6) is -3.83. The van der Waals surface area contributed by atoms with Crippen molar-refractivity contribution in [1.29, 1.82) is 0 Å². The lowest BCUT2D eigenvalue weighted by molar-refractivity contribution is -0.388. The molecule has 0 unspecified atom stereocenters. The van der Waals surface area contributed by atoms with Crippen molar-refractivity contribution in [3.63, 3.8) is 0 Å². The van der Waals surface area contributed by atoms with Crippen LogP contribution in [0.25, 0.3) is 0 Å².